The van der Waals surface area contributed by atoms with Crippen molar-refractivity contribution in [2.45, 2.75) is 13.0 Å². The monoisotopic (exact) mass is 276 g/mol. The summed E-state index contributed by atoms with van der Waals surface area (Å²) in [6.45, 7) is 4.98. The maximum Gasteiger partial charge on any atom is 0.332 e. The summed E-state index contributed by atoms with van der Waals surface area (Å²) < 4.78 is 5.39. The molecule has 20 heavy (non-hydrogen) atoms. The Kier molecular flexibility index (Phi) is 5.09. The van der Waals surface area contributed by atoms with Gasteiger partial charge in [0, 0.05) is 13.1 Å². The molecule has 0 saturated carbocycles. The van der Waals surface area contributed by atoms with Gasteiger partial charge >= 0.3 is 6.03 Å². The van der Waals surface area contributed by atoms with Gasteiger partial charge in [0.1, 0.15) is 0 Å². The highest BCUT2D eigenvalue weighted by molar-refractivity contribution is 5.89. The highest BCUT2D eigenvalue weighted by Gasteiger charge is 2.25. The third kappa shape index (κ3) is 3.79. The minimum absolute atomic E-state index is 0.0203. The van der Waals surface area contributed by atoms with Gasteiger partial charge in [0.2, 0.25) is 0 Å². The number of carbonyl (C=O) groups excluding carboxylic acids is 1. The summed E-state index contributed by atoms with van der Waals surface area (Å²) in [4.78, 5) is 13.1. The second kappa shape index (κ2) is 7.02. The Morgan fingerprint density at radius 3 is 2.60 bits per heavy atom. The summed E-state index contributed by atoms with van der Waals surface area (Å²) >= 11 is 0. The molecule has 1 heterocycles. The minimum atomic E-state index is -0.655. The van der Waals surface area contributed by atoms with Crippen molar-refractivity contribution in [2.24, 2.45) is 10.8 Å². The number of ether oxygens (including phenoxy) is 1. The third-order valence-electron chi connectivity index (χ3n) is 3.26. The number of nitrogens with one attached hydrogen (secondary N) is 1. The number of urea groups is 1. The molecule has 0 unspecified atom stereocenters. The van der Waals surface area contributed by atoms with Crippen LogP contribution in [0.2, 0.25) is 0 Å². The largest absolute Gasteiger partial charge is 0.379 e. The Hall–Kier alpha value is -1.92. The van der Waals surface area contributed by atoms with Gasteiger partial charge in [-0.1, -0.05) is 30.3 Å². The summed E-state index contributed by atoms with van der Waals surface area (Å²) in [6.07, 6.45) is 0. The average molecular weight is 276 g/mol. The van der Waals surface area contributed by atoms with E-state index in [0.717, 1.165) is 24.4 Å². The predicted molar refractivity (Wildman–Crippen MR) is 77.4 cm³/mol. The Bertz CT molecular complexity index is 469. The average Bonchev–Trinajstić information content (AvgIpc) is 2.48. The number of nitrogens with two attached hydrogens (primary N) is 1. The minimum Gasteiger partial charge on any atom is -0.379 e. The van der Waals surface area contributed by atoms with Crippen molar-refractivity contribution in [3.63, 3.8) is 0 Å². The third-order valence-corrected chi connectivity index (χ3v) is 3.26. The highest BCUT2D eigenvalue weighted by Crippen LogP contribution is 2.23. The van der Waals surface area contributed by atoms with Crippen molar-refractivity contribution in [1.82, 2.24) is 10.3 Å². The topological polar surface area (TPSA) is 79.9 Å². The van der Waals surface area contributed by atoms with E-state index < -0.39 is 6.03 Å². The van der Waals surface area contributed by atoms with Gasteiger partial charge in [0.25, 0.3) is 0 Å². The Morgan fingerprint density at radius 1 is 1.35 bits per heavy atom. The zero-order valence-corrected chi connectivity index (χ0v) is 11.6. The van der Waals surface area contributed by atoms with Crippen molar-refractivity contribution in [2.75, 3.05) is 26.3 Å². The Balaban J connectivity index is 2.23. The van der Waals surface area contributed by atoms with Crippen LogP contribution in [-0.2, 0) is 4.74 Å². The fourth-order valence-electron chi connectivity index (χ4n) is 2.39. The fourth-order valence-corrected chi connectivity index (χ4v) is 2.39. The summed E-state index contributed by atoms with van der Waals surface area (Å²) in [7, 11) is 0. The van der Waals surface area contributed by atoms with Crippen LogP contribution in [0, 0.1) is 0 Å². The summed E-state index contributed by atoms with van der Waals surface area (Å²) in [5.41, 5.74) is 9.31. The number of hydrazone groups is 1. The van der Waals surface area contributed by atoms with Crippen molar-refractivity contribution < 1.29 is 9.53 Å². The molecule has 1 atom stereocenters. The summed E-state index contributed by atoms with van der Waals surface area (Å²) in [6, 6.07) is 9.46. The molecule has 2 amide bonds. The molecule has 108 valence electrons. The Morgan fingerprint density at radius 2 is 2.00 bits per heavy atom. The molecule has 0 bridgehead atoms. The summed E-state index contributed by atoms with van der Waals surface area (Å²) in [5.74, 6) is 0. The molecule has 1 aromatic rings. The van der Waals surface area contributed by atoms with Crippen molar-refractivity contribution in [3.8, 4) is 0 Å². The second-order valence-electron chi connectivity index (χ2n) is 4.69. The van der Waals surface area contributed by atoms with E-state index in [0.29, 0.717) is 13.2 Å². The number of primary amides is 1. The first-order chi connectivity index (χ1) is 9.68. The van der Waals surface area contributed by atoms with Crippen LogP contribution < -0.4 is 11.2 Å². The van der Waals surface area contributed by atoms with Crippen molar-refractivity contribution in [3.05, 3.63) is 35.9 Å². The summed E-state index contributed by atoms with van der Waals surface area (Å²) in [5, 5.41) is 4.09. The molecule has 0 aliphatic carbocycles. The number of hydrogen-bond donors (Lipinski definition) is 2. The van der Waals surface area contributed by atoms with Crippen LogP contribution in [0.1, 0.15) is 18.5 Å². The predicted octanol–water partition coefficient (Wildman–Crippen LogP) is 1.10. The van der Waals surface area contributed by atoms with Gasteiger partial charge in [-0.3, -0.25) is 4.90 Å². The zero-order chi connectivity index (χ0) is 14.4. The van der Waals surface area contributed by atoms with Gasteiger partial charge in [0.05, 0.1) is 25.0 Å². The van der Waals surface area contributed by atoms with E-state index in [-0.39, 0.29) is 6.04 Å². The van der Waals surface area contributed by atoms with E-state index in [9.17, 15) is 4.79 Å². The van der Waals surface area contributed by atoms with Crippen LogP contribution >= 0.6 is 0 Å². The zero-order valence-electron chi connectivity index (χ0n) is 11.6. The van der Waals surface area contributed by atoms with Gasteiger partial charge in [0.15, 0.2) is 0 Å². The maximum absolute atomic E-state index is 10.8. The lowest BCUT2D eigenvalue weighted by Gasteiger charge is -2.34. The number of benzene rings is 1. The van der Waals surface area contributed by atoms with E-state index in [4.69, 9.17) is 10.5 Å². The number of rotatable bonds is 4. The smallest absolute Gasteiger partial charge is 0.332 e. The van der Waals surface area contributed by atoms with Crippen molar-refractivity contribution in [1.29, 1.82) is 0 Å². The molecule has 0 spiro atoms. The van der Waals surface area contributed by atoms with Gasteiger partial charge in [-0.25, -0.2) is 10.2 Å². The molecule has 2 rings (SSSR count). The molecule has 0 radical (unpaired) electrons. The maximum atomic E-state index is 10.8. The number of morpholine rings is 1. The molecule has 1 aliphatic rings. The number of carbonyl (C=O) groups is 1. The molecule has 1 fully saturated rings. The fraction of sp³-hybridized carbons (Fsp3) is 0.429. The molecule has 6 heteroatoms. The quantitative estimate of drug-likeness (QED) is 0.638. The van der Waals surface area contributed by atoms with E-state index >= 15 is 0 Å². The van der Waals surface area contributed by atoms with E-state index in [1.54, 1.807) is 0 Å². The first-order valence-corrected chi connectivity index (χ1v) is 6.65. The van der Waals surface area contributed by atoms with Crippen LogP contribution in [0.4, 0.5) is 4.79 Å². The molecule has 0 aromatic heterocycles. The molecule has 1 aromatic carbocycles. The lowest BCUT2D eigenvalue weighted by Crippen LogP contribution is -2.42. The second-order valence-corrected chi connectivity index (χ2v) is 4.69. The van der Waals surface area contributed by atoms with Crippen LogP contribution in [0.15, 0.2) is 35.4 Å². The van der Waals surface area contributed by atoms with Gasteiger partial charge in [-0.2, -0.15) is 5.10 Å². The molecule has 1 aliphatic heterocycles. The first kappa shape index (κ1) is 14.5. The molecular formula is C14H20N4O2. The van der Waals surface area contributed by atoms with Crippen LogP contribution in [0.3, 0.4) is 0 Å². The van der Waals surface area contributed by atoms with Crippen LogP contribution in [-0.4, -0.2) is 42.9 Å². The van der Waals surface area contributed by atoms with Gasteiger partial charge in [-0.05, 0) is 12.5 Å². The van der Waals surface area contributed by atoms with E-state index in [2.05, 4.69) is 27.6 Å². The SMILES string of the molecule is C/C(=N/NC(N)=O)[C@H](c1ccccc1)N1CCOCC1. The van der Waals surface area contributed by atoms with Crippen molar-refractivity contribution >= 4 is 11.7 Å². The first-order valence-electron chi connectivity index (χ1n) is 6.65. The van der Waals surface area contributed by atoms with Gasteiger partial charge < -0.3 is 10.5 Å². The van der Waals surface area contributed by atoms with E-state index in [1.165, 1.54) is 0 Å². The Labute approximate surface area is 118 Å². The lowest BCUT2D eigenvalue weighted by molar-refractivity contribution is 0.0285. The number of nitrogens with zero attached hydrogens (tertiary/aromatic N) is 2. The standard InChI is InChI=1S/C14H20N4O2/c1-11(16-17-14(15)19)13(12-5-3-2-4-6-12)18-7-9-20-10-8-18/h2-6,13H,7-10H2,1H3,(H3,15,17,19)/b16-11-/t13-/m1/s1. The highest BCUT2D eigenvalue weighted by atomic mass is 16.5. The molecular weight excluding hydrogens is 256 g/mol. The number of hydrogen-bond acceptors (Lipinski definition) is 4. The number of amides is 2. The van der Waals surface area contributed by atoms with Crippen LogP contribution in [0.5, 0.6) is 0 Å². The molecule has 6 nitrogen and oxygen atoms in total. The lowest BCUT2D eigenvalue weighted by atomic mass is 10.0. The van der Waals surface area contributed by atoms with Gasteiger partial charge in [-0.15, -0.1) is 0 Å². The normalized spacial score (nSPS) is 18.6. The van der Waals surface area contributed by atoms with Crippen LogP contribution in [0.25, 0.3) is 0 Å². The van der Waals surface area contributed by atoms with E-state index in [1.807, 2.05) is 25.1 Å². The molecule has 3 N–H and O–H groups in total. The molecule has 1 saturated heterocycles.